The topological polar surface area (TPSA) is 37.3 Å². The van der Waals surface area contributed by atoms with Crippen LogP contribution in [0.25, 0.3) is 0 Å². The molecule has 1 aliphatic heterocycles. The van der Waals surface area contributed by atoms with E-state index in [0.29, 0.717) is 6.42 Å². The molecule has 1 heterocycles. The van der Waals surface area contributed by atoms with E-state index in [1.54, 1.807) is 0 Å². The van der Waals surface area contributed by atoms with Crippen LogP contribution >= 0.6 is 11.8 Å². The average Bonchev–Trinajstić information content (AvgIpc) is 2.96. The molecule has 0 saturated heterocycles. The van der Waals surface area contributed by atoms with Gasteiger partial charge in [0, 0.05) is 4.90 Å². The van der Waals surface area contributed by atoms with Crippen molar-refractivity contribution in [2.24, 2.45) is 0 Å². The first kappa shape index (κ1) is 9.28. The molecular weight excluding hydrogens is 208 g/mol. The number of thioether (sulfide) groups is 1. The highest BCUT2D eigenvalue weighted by Gasteiger charge is 2.30. The van der Waals surface area contributed by atoms with Crippen molar-refractivity contribution in [3.05, 3.63) is 29.3 Å². The molecule has 3 heteroatoms. The van der Waals surface area contributed by atoms with Gasteiger partial charge in [-0.25, -0.2) is 0 Å². The Balaban J connectivity index is 1.89. The molecule has 0 radical (unpaired) electrons. The average molecular weight is 220 g/mol. The summed E-state index contributed by atoms with van der Waals surface area (Å²) in [5.41, 5.74) is 2.60. The minimum absolute atomic E-state index is 0.269. The van der Waals surface area contributed by atoms with Crippen LogP contribution in [0.1, 0.15) is 29.9 Å². The number of hydrogen-bond donors (Lipinski definition) is 1. The van der Waals surface area contributed by atoms with Gasteiger partial charge < -0.3 is 5.11 Å². The Morgan fingerprint density at radius 1 is 1.40 bits per heavy atom. The Bertz CT molecular complexity index is 424. The molecule has 1 N–H and O–H groups in total. The first-order valence-corrected chi connectivity index (χ1v) is 6.14. The Hall–Kier alpha value is -0.960. The summed E-state index contributed by atoms with van der Waals surface area (Å²) in [7, 11) is 0. The summed E-state index contributed by atoms with van der Waals surface area (Å²) in [5.74, 6) is 0.0592. The Morgan fingerprint density at radius 2 is 2.20 bits per heavy atom. The van der Waals surface area contributed by atoms with E-state index < -0.39 is 5.97 Å². The first-order chi connectivity index (χ1) is 7.24. The monoisotopic (exact) mass is 220 g/mol. The van der Waals surface area contributed by atoms with Gasteiger partial charge >= 0.3 is 5.97 Å². The maximum Gasteiger partial charge on any atom is 0.317 e. The van der Waals surface area contributed by atoms with Gasteiger partial charge in [-0.2, -0.15) is 0 Å². The molecule has 1 aromatic carbocycles. The van der Waals surface area contributed by atoms with Crippen LogP contribution in [0, 0.1) is 0 Å². The van der Waals surface area contributed by atoms with Gasteiger partial charge in [0.15, 0.2) is 0 Å². The summed E-state index contributed by atoms with van der Waals surface area (Å²) in [4.78, 5) is 12.1. The fourth-order valence-electron chi connectivity index (χ4n) is 2.05. The molecule has 0 bridgehead atoms. The Labute approximate surface area is 92.7 Å². The smallest absolute Gasteiger partial charge is 0.317 e. The molecule has 2 nitrogen and oxygen atoms in total. The maximum atomic E-state index is 10.9. The maximum absolute atomic E-state index is 10.9. The van der Waals surface area contributed by atoms with E-state index in [2.05, 4.69) is 18.2 Å². The molecular formula is C12H12O2S. The lowest BCUT2D eigenvalue weighted by atomic mass is 10.1. The highest BCUT2D eigenvalue weighted by atomic mass is 32.2. The summed E-state index contributed by atoms with van der Waals surface area (Å²) < 4.78 is 0. The molecule has 1 aliphatic carbocycles. The number of fused-ring (bicyclic) bond motifs is 1. The second-order valence-corrected chi connectivity index (χ2v) is 5.53. The SMILES string of the molecule is O=C(O)C1Cc2ccc(C3CC3)cc2S1. The van der Waals surface area contributed by atoms with E-state index >= 15 is 0 Å². The van der Waals surface area contributed by atoms with Crippen molar-refractivity contribution in [2.75, 3.05) is 0 Å². The third-order valence-electron chi connectivity index (χ3n) is 3.09. The molecule has 1 fully saturated rings. The molecule has 1 aromatic rings. The molecule has 1 unspecified atom stereocenters. The number of benzene rings is 1. The largest absolute Gasteiger partial charge is 0.480 e. The Kier molecular flexibility index (Phi) is 2.02. The van der Waals surface area contributed by atoms with Crippen molar-refractivity contribution >= 4 is 17.7 Å². The van der Waals surface area contributed by atoms with E-state index in [0.717, 1.165) is 5.92 Å². The molecule has 3 rings (SSSR count). The van der Waals surface area contributed by atoms with Crippen molar-refractivity contribution in [1.29, 1.82) is 0 Å². The van der Waals surface area contributed by atoms with Crippen molar-refractivity contribution in [1.82, 2.24) is 0 Å². The van der Waals surface area contributed by atoms with Gasteiger partial charge in [0.25, 0.3) is 0 Å². The fourth-order valence-corrected chi connectivity index (χ4v) is 3.23. The van der Waals surface area contributed by atoms with Gasteiger partial charge in [0.05, 0.1) is 0 Å². The minimum Gasteiger partial charge on any atom is -0.480 e. The third kappa shape index (κ3) is 1.65. The van der Waals surface area contributed by atoms with E-state index in [1.807, 2.05) is 0 Å². The number of carbonyl (C=O) groups is 1. The first-order valence-electron chi connectivity index (χ1n) is 5.26. The number of carboxylic acid groups (broad SMARTS) is 1. The molecule has 1 atom stereocenters. The number of hydrogen-bond acceptors (Lipinski definition) is 2. The normalized spacial score (nSPS) is 23.9. The molecule has 0 amide bonds. The summed E-state index contributed by atoms with van der Waals surface area (Å²) in [6, 6.07) is 6.47. The minimum atomic E-state index is -0.691. The second-order valence-electron chi connectivity index (χ2n) is 4.29. The van der Waals surface area contributed by atoms with Crippen LogP contribution in [0.5, 0.6) is 0 Å². The second kappa shape index (κ2) is 3.27. The van der Waals surface area contributed by atoms with Crippen LogP contribution < -0.4 is 0 Å². The summed E-state index contributed by atoms with van der Waals surface area (Å²) in [5, 5.41) is 8.69. The van der Waals surface area contributed by atoms with E-state index in [-0.39, 0.29) is 5.25 Å². The van der Waals surface area contributed by atoms with E-state index in [1.165, 1.54) is 40.6 Å². The van der Waals surface area contributed by atoms with Crippen LogP contribution in [-0.4, -0.2) is 16.3 Å². The fraction of sp³-hybridized carbons (Fsp3) is 0.417. The van der Waals surface area contributed by atoms with Crippen LogP contribution in [0.15, 0.2) is 23.1 Å². The van der Waals surface area contributed by atoms with Crippen molar-refractivity contribution < 1.29 is 9.90 Å². The molecule has 78 valence electrons. The highest BCUT2D eigenvalue weighted by Crippen LogP contribution is 2.44. The predicted molar refractivity (Wildman–Crippen MR) is 59.4 cm³/mol. The Morgan fingerprint density at radius 3 is 2.87 bits per heavy atom. The lowest BCUT2D eigenvalue weighted by Gasteiger charge is -2.01. The summed E-state index contributed by atoms with van der Waals surface area (Å²) >= 11 is 1.50. The van der Waals surface area contributed by atoms with E-state index in [9.17, 15) is 4.79 Å². The molecule has 0 aromatic heterocycles. The highest BCUT2D eigenvalue weighted by molar-refractivity contribution is 8.01. The molecule has 15 heavy (non-hydrogen) atoms. The number of aliphatic carboxylic acids is 1. The number of carboxylic acids is 1. The van der Waals surface area contributed by atoms with Crippen LogP contribution in [0.2, 0.25) is 0 Å². The van der Waals surface area contributed by atoms with Crippen LogP contribution in [-0.2, 0) is 11.2 Å². The summed E-state index contributed by atoms with van der Waals surface area (Å²) in [6.07, 6.45) is 3.28. The third-order valence-corrected chi connectivity index (χ3v) is 4.38. The quantitative estimate of drug-likeness (QED) is 0.832. The molecule has 0 spiro atoms. The van der Waals surface area contributed by atoms with Crippen molar-refractivity contribution in [3.63, 3.8) is 0 Å². The summed E-state index contributed by atoms with van der Waals surface area (Å²) in [6.45, 7) is 0. The van der Waals surface area contributed by atoms with Crippen LogP contribution in [0.3, 0.4) is 0 Å². The van der Waals surface area contributed by atoms with E-state index in [4.69, 9.17) is 5.11 Å². The standard InChI is InChI=1S/C12H12O2S/c13-12(14)11-6-9-4-3-8(7-1-2-7)5-10(9)15-11/h3-5,7,11H,1-2,6H2,(H,13,14). The van der Waals surface area contributed by atoms with Gasteiger partial charge in [-0.15, -0.1) is 11.8 Å². The van der Waals surface area contributed by atoms with Crippen molar-refractivity contribution in [2.45, 2.75) is 35.3 Å². The lowest BCUT2D eigenvalue weighted by Crippen LogP contribution is -2.14. The molecule has 1 saturated carbocycles. The number of rotatable bonds is 2. The van der Waals surface area contributed by atoms with Gasteiger partial charge in [-0.1, -0.05) is 12.1 Å². The zero-order chi connectivity index (χ0) is 10.4. The van der Waals surface area contributed by atoms with Gasteiger partial charge in [-0.05, 0) is 42.4 Å². The zero-order valence-electron chi connectivity index (χ0n) is 8.27. The predicted octanol–water partition coefficient (Wildman–Crippen LogP) is 2.67. The van der Waals surface area contributed by atoms with Gasteiger partial charge in [0.2, 0.25) is 0 Å². The lowest BCUT2D eigenvalue weighted by molar-refractivity contribution is -0.136. The van der Waals surface area contributed by atoms with Crippen LogP contribution in [0.4, 0.5) is 0 Å². The molecule has 2 aliphatic rings. The van der Waals surface area contributed by atoms with Gasteiger partial charge in [0.1, 0.15) is 5.25 Å². The van der Waals surface area contributed by atoms with Crippen molar-refractivity contribution in [3.8, 4) is 0 Å². The zero-order valence-corrected chi connectivity index (χ0v) is 9.09. The van der Waals surface area contributed by atoms with Gasteiger partial charge in [-0.3, -0.25) is 4.79 Å².